The molecule has 0 radical (unpaired) electrons. The van der Waals surface area contributed by atoms with Crippen molar-refractivity contribution in [2.75, 3.05) is 0 Å². The Bertz CT molecular complexity index is 781. The molecule has 2 nitrogen and oxygen atoms in total. The third kappa shape index (κ3) is 2.30. The van der Waals surface area contributed by atoms with Crippen LogP contribution in [-0.2, 0) is 0 Å². The highest BCUT2D eigenvalue weighted by molar-refractivity contribution is 6.30. The van der Waals surface area contributed by atoms with Gasteiger partial charge in [0, 0.05) is 16.0 Å². The Kier molecular flexibility index (Phi) is 3.24. The molecule has 2 aromatic carbocycles. The molecule has 0 bridgehead atoms. The summed E-state index contributed by atoms with van der Waals surface area (Å²) in [6.45, 7) is 2.00. The molecule has 1 aromatic heterocycles. The van der Waals surface area contributed by atoms with Gasteiger partial charge >= 0.3 is 0 Å². The van der Waals surface area contributed by atoms with E-state index in [1.807, 2.05) is 31.2 Å². The molecule has 0 spiro atoms. The van der Waals surface area contributed by atoms with Crippen molar-refractivity contribution in [3.63, 3.8) is 0 Å². The Morgan fingerprint density at radius 1 is 1.15 bits per heavy atom. The highest BCUT2D eigenvalue weighted by Gasteiger charge is 2.18. The standard InChI is InChI=1S/C16H13ClFNO/c1-9-2-5-14-10(6-9)7-15(20-14)16(19)12-4-3-11(17)8-13(12)18/h2-8,16H,19H2,1H3. The van der Waals surface area contributed by atoms with Gasteiger partial charge < -0.3 is 10.2 Å². The van der Waals surface area contributed by atoms with Crippen LogP contribution in [0.15, 0.2) is 46.9 Å². The lowest BCUT2D eigenvalue weighted by molar-refractivity contribution is 0.510. The fourth-order valence-electron chi connectivity index (χ4n) is 2.24. The molecule has 0 aliphatic rings. The van der Waals surface area contributed by atoms with Crippen molar-refractivity contribution in [3.05, 3.63) is 70.2 Å². The molecule has 4 heteroatoms. The highest BCUT2D eigenvalue weighted by atomic mass is 35.5. The molecular formula is C16H13ClFNO. The summed E-state index contributed by atoms with van der Waals surface area (Å²) in [5.41, 5.74) is 8.34. The van der Waals surface area contributed by atoms with E-state index in [1.54, 1.807) is 12.1 Å². The minimum Gasteiger partial charge on any atom is -0.459 e. The first-order valence-corrected chi connectivity index (χ1v) is 6.63. The van der Waals surface area contributed by atoms with E-state index < -0.39 is 11.9 Å². The van der Waals surface area contributed by atoms with Crippen molar-refractivity contribution in [2.24, 2.45) is 5.73 Å². The van der Waals surface area contributed by atoms with Crippen molar-refractivity contribution >= 4 is 22.6 Å². The molecule has 1 heterocycles. The van der Waals surface area contributed by atoms with Crippen LogP contribution in [0.1, 0.15) is 22.9 Å². The molecule has 102 valence electrons. The van der Waals surface area contributed by atoms with Crippen molar-refractivity contribution in [1.82, 2.24) is 0 Å². The fourth-order valence-corrected chi connectivity index (χ4v) is 2.40. The molecule has 0 aliphatic heterocycles. The lowest BCUT2D eigenvalue weighted by atomic mass is 10.0. The molecule has 3 rings (SSSR count). The zero-order valence-corrected chi connectivity index (χ0v) is 11.6. The summed E-state index contributed by atoms with van der Waals surface area (Å²) >= 11 is 5.75. The number of furan rings is 1. The lowest BCUT2D eigenvalue weighted by Crippen LogP contribution is -2.12. The van der Waals surface area contributed by atoms with Gasteiger partial charge in [-0.05, 0) is 37.3 Å². The molecular weight excluding hydrogens is 277 g/mol. The van der Waals surface area contributed by atoms with Gasteiger partial charge in [0.2, 0.25) is 0 Å². The van der Waals surface area contributed by atoms with Crippen LogP contribution in [0.25, 0.3) is 11.0 Å². The van der Waals surface area contributed by atoms with Gasteiger partial charge in [0.1, 0.15) is 17.2 Å². The molecule has 0 aliphatic carbocycles. The van der Waals surface area contributed by atoms with Crippen LogP contribution >= 0.6 is 11.6 Å². The number of rotatable bonds is 2. The highest BCUT2D eigenvalue weighted by Crippen LogP contribution is 2.29. The predicted molar refractivity (Wildman–Crippen MR) is 78.4 cm³/mol. The Labute approximate surface area is 121 Å². The van der Waals surface area contributed by atoms with Crippen LogP contribution in [0.2, 0.25) is 5.02 Å². The number of halogens is 2. The first kappa shape index (κ1) is 13.2. The Balaban J connectivity index is 2.05. The second-order valence-corrected chi connectivity index (χ2v) is 5.27. The van der Waals surface area contributed by atoms with Crippen molar-refractivity contribution < 1.29 is 8.81 Å². The quantitative estimate of drug-likeness (QED) is 0.750. The second-order valence-electron chi connectivity index (χ2n) is 4.83. The number of benzene rings is 2. The van der Waals surface area contributed by atoms with E-state index in [-0.39, 0.29) is 0 Å². The summed E-state index contributed by atoms with van der Waals surface area (Å²) in [4.78, 5) is 0. The summed E-state index contributed by atoms with van der Waals surface area (Å²) in [6.07, 6.45) is 0. The smallest absolute Gasteiger partial charge is 0.134 e. The van der Waals surface area contributed by atoms with Crippen LogP contribution in [0.4, 0.5) is 4.39 Å². The van der Waals surface area contributed by atoms with Gasteiger partial charge in [0.05, 0.1) is 6.04 Å². The molecule has 0 fully saturated rings. The van der Waals surface area contributed by atoms with Gasteiger partial charge in [-0.1, -0.05) is 29.3 Å². The number of nitrogens with two attached hydrogens (primary N) is 1. The molecule has 3 aromatic rings. The van der Waals surface area contributed by atoms with Crippen molar-refractivity contribution in [1.29, 1.82) is 0 Å². The normalized spacial score (nSPS) is 12.8. The second kappa shape index (κ2) is 4.93. The van der Waals surface area contributed by atoms with E-state index in [9.17, 15) is 4.39 Å². The summed E-state index contributed by atoms with van der Waals surface area (Å²) in [7, 11) is 0. The molecule has 0 saturated carbocycles. The van der Waals surface area contributed by atoms with Gasteiger partial charge in [0.25, 0.3) is 0 Å². The van der Waals surface area contributed by atoms with Gasteiger partial charge in [-0.25, -0.2) is 4.39 Å². The SMILES string of the molecule is Cc1ccc2oc(C(N)c3ccc(Cl)cc3F)cc2c1. The van der Waals surface area contributed by atoms with Crippen LogP contribution < -0.4 is 5.73 Å². The van der Waals surface area contributed by atoms with Gasteiger partial charge in [-0.2, -0.15) is 0 Å². The number of hydrogen-bond acceptors (Lipinski definition) is 2. The topological polar surface area (TPSA) is 39.2 Å². The van der Waals surface area contributed by atoms with E-state index in [0.717, 1.165) is 16.5 Å². The average molecular weight is 290 g/mol. The fraction of sp³-hybridized carbons (Fsp3) is 0.125. The third-order valence-electron chi connectivity index (χ3n) is 3.29. The zero-order chi connectivity index (χ0) is 14.3. The Morgan fingerprint density at radius 3 is 2.70 bits per heavy atom. The van der Waals surface area contributed by atoms with Crippen molar-refractivity contribution in [3.8, 4) is 0 Å². The van der Waals surface area contributed by atoms with E-state index in [4.69, 9.17) is 21.8 Å². The summed E-state index contributed by atoms with van der Waals surface area (Å²) in [5.74, 6) is 0.105. The summed E-state index contributed by atoms with van der Waals surface area (Å²) in [6, 6.07) is 11.5. The van der Waals surface area contributed by atoms with E-state index in [2.05, 4.69) is 0 Å². The summed E-state index contributed by atoms with van der Waals surface area (Å²) in [5, 5.41) is 1.31. The maximum absolute atomic E-state index is 13.9. The molecule has 20 heavy (non-hydrogen) atoms. The lowest BCUT2D eigenvalue weighted by Gasteiger charge is -2.10. The molecule has 1 atom stereocenters. The van der Waals surface area contributed by atoms with Crippen LogP contribution in [0.5, 0.6) is 0 Å². The van der Waals surface area contributed by atoms with Gasteiger partial charge in [-0.3, -0.25) is 0 Å². The molecule has 0 amide bonds. The molecule has 0 saturated heterocycles. The Morgan fingerprint density at radius 2 is 1.95 bits per heavy atom. The zero-order valence-electron chi connectivity index (χ0n) is 10.9. The molecule has 2 N–H and O–H groups in total. The van der Waals surface area contributed by atoms with E-state index in [1.165, 1.54) is 6.07 Å². The Hall–Kier alpha value is -1.84. The van der Waals surface area contributed by atoms with E-state index in [0.29, 0.717) is 16.3 Å². The minimum absolute atomic E-state index is 0.346. The maximum atomic E-state index is 13.9. The monoisotopic (exact) mass is 289 g/mol. The first-order valence-electron chi connectivity index (χ1n) is 6.25. The minimum atomic E-state index is -0.653. The van der Waals surface area contributed by atoms with Gasteiger partial charge in [-0.15, -0.1) is 0 Å². The largest absolute Gasteiger partial charge is 0.459 e. The van der Waals surface area contributed by atoms with Crippen LogP contribution in [-0.4, -0.2) is 0 Å². The maximum Gasteiger partial charge on any atom is 0.134 e. The summed E-state index contributed by atoms with van der Waals surface area (Å²) < 4.78 is 19.6. The van der Waals surface area contributed by atoms with Crippen molar-refractivity contribution in [2.45, 2.75) is 13.0 Å². The third-order valence-corrected chi connectivity index (χ3v) is 3.53. The molecule has 1 unspecified atom stereocenters. The number of aryl methyl sites for hydroxylation is 1. The predicted octanol–water partition coefficient (Wildman–Crippen LogP) is 4.58. The van der Waals surface area contributed by atoms with Crippen LogP contribution in [0, 0.1) is 12.7 Å². The van der Waals surface area contributed by atoms with Gasteiger partial charge in [0.15, 0.2) is 0 Å². The number of fused-ring (bicyclic) bond motifs is 1. The average Bonchev–Trinajstić information content (AvgIpc) is 2.81. The number of hydrogen-bond donors (Lipinski definition) is 1. The van der Waals surface area contributed by atoms with Crippen LogP contribution in [0.3, 0.4) is 0 Å². The van der Waals surface area contributed by atoms with E-state index >= 15 is 0 Å². The first-order chi connectivity index (χ1) is 9.54.